The molecule has 322 valence electrons. The SMILES string of the molecule is Cc1nc2c(ncn2[C@@H]2O[C@H](CO)C(C)[C@@H]2OP(C)(=S)OC[C@H]2O[C@@H](n3cnc4c(NC(=O)c5ccccc5)ncnc43)[C@@H](O[Si](C)(C)C(C)(C)C)C2O[P+](=O)O)c(=O)[nH]1. The van der Waals surface area contributed by atoms with Crippen molar-refractivity contribution in [2.45, 2.75) is 95.7 Å². The Labute approximate surface area is 351 Å². The minimum Gasteiger partial charge on any atom is -0.406 e. The number of aromatic nitrogens is 8. The number of hydrogen-bond acceptors (Lipinski definition) is 16. The Morgan fingerprint density at radius 3 is 2.33 bits per heavy atom. The Morgan fingerprint density at radius 2 is 1.67 bits per heavy atom. The summed E-state index contributed by atoms with van der Waals surface area (Å²) < 4.78 is 54.1. The number of fused-ring (bicyclic) bond motifs is 2. The van der Waals surface area contributed by atoms with Crippen molar-refractivity contribution in [3.8, 4) is 0 Å². The third-order valence-electron chi connectivity index (χ3n) is 11.1. The lowest BCUT2D eigenvalue weighted by molar-refractivity contribution is -0.0521. The van der Waals surface area contributed by atoms with Crippen molar-refractivity contribution in [1.82, 2.24) is 39.0 Å². The largest absolute Gasteiger partial charge is 0.695 e. The first-order valence-electron chi connectivity index (χ1n) is 19.1. The number of H-pyrrole nitrogens is 1. The van der Waals surface area contributed by atoms with Crippen LogP contribution in [-0.4, -0.2) is 114 Å². The van der Waals surface area contributed by atoms with E-state index in [1.165, 1.54) is 19.0 Å². The number of rotatable bonds is 14. The van der Waals surface area contributed by atoms with Crippen LogP contribution >= 0.6 is 14.7 Å². The van der Waals surface area contributed by atoms with Crippen LogP contribution in [0, 0.1) is 12.8 Å². The number of aryl methyl sites for hydroxylation is 1. The van der Waals surface area contributed by atoms with E-state index in [-0.39, 0.29) is 40.8 Å². The highest BCUT2D eigenvalue weighted by Gasteiger charge is 2.55. The smallest absolute Gasteiger partial charge is 0.406 e. The molecule has 2 aliphatic rings. The molecule has 7 rings (SSSR count). The van der Waals surface area contributed by atoms with Crippen LogP contribution in [-0.2, 0) is 43.8 Å². The molecule has 2 aliphatic heterocycles. The Balaban J connectivity index is 1.18. The number of carbonyl (C=O) groups excluding carboxylic acids is 1. The molecular formula is C36H48N9O11P2SSi+. The monoisotopic (exact) mass is 904 g/mol. The zero-order chi connectivity index (χ0) is 43.3. The number of carbonyl (C=O) groups is 1. The van der Waals surface area contributed by atoms with Gasteiger partial charge in [0.05, 0.1) is 32.0 Å². The van der Waals surface area contributed by atoms with Crippen molar-refractivity contribution < 1.29 is 46.8 Å². The van der Waals surface area contributed by atoms with E-state index < -0.39 is 83.4 Å². The number of nitrogens with one attached hydrogen (secondary N) is 2. The third kappa shape index (κ3) is 8.92. The van der Waals surface area contributed by atoms with Gasteiger partial charge in [-0.25, -0.2) is 24.9 Å². The zero-order valence-corrected chi connectivity index (χ0v) is 37.8. The van der Waals surface area contributed by atoms with E-state index in [1.807, 2.05) is 20.0 Å². The van der Waals surface area contributed by atoms with Gasteiger partial charge in [0.25, 0.3) is 11.5 Å². The zero-order valence-electron chi connectivity index (χ0n) is 34.2. The highest BCUT2D eigenvalue weighted by molar-refractivity contribution is 8.09. The minimum atomic E-state index is -3.23. The number of imidazole rings is 2. The van der Waals surface area contributed by atoms with Crippen LogP contribution in [0.2, 0.25) is 18.1 Å². The topological polar surface area (TPSA) is 249 Å². The fraction of sp³-hybridized carbons (Fsp3) is 0.528. The standard InChI is InChI=1S/C36H47N9O11P2SSi/c1-19-22(14-46)52-34(45-18-40-25-31(45)41-20(2)42-33(25)48)26(19)55-58(6,59)51-15-23-27(54-57(49)50)28(56-60(7,8)36(3,4)5)35(53-23)44-17-39-24-29(37-16-38-30(24)44)43-32(47)21-12-10-9-11-13-21/h9-13,16-19,22-23,26-28,34-35,46H,14-15H2,1-8H3,(H2-,37,38,41,42,43,47,48,49,50)/p+1/t19?,22-,23-,26+,27?,28+,34-,35-,58?/m1/s1. The fourth-order valence-corrected chi connectivity index (χ4v) is 10.4. The summed E-state index contributed by atoms with van der Waals surface area (Å²) in [7, 11) is -5.82. The van der Waals surface area contributed by atoms with E-state index >= 15 is 0 Å². The fourth-order valence-electron chi connectivity index (χ4n) is 6.95. The molecule has 0 radical (unpaired) electrons. The van der Waals surface area contributed by atoms with Crippen LogP contribution < -0.4 is 10.9 Å². The predicted molar refractivity (Wildman–Crippen MR) is 224 cm³/mol. The maximum atomic E-state index is 13.1. The Hall–Kier alpha value is -3.76. The van der Waals surface area contributed by atoms with Crippen molar-refractivity contribution in [3.05, 3.63) is 71.1 Å². The van der Waals surface area contributed by atoms with Gasteiger partial charge in [-0.15, -0.1) is 9.42 Å². The minimum absolute atomic E-state index is 0.108. The normalized spacial score (nSPS) is 26.1. The van der Waals surface area contributed by atoms with E-state index in [9.17, 15) is 24.2 Å². The molecular weight excluding hydrogens is 857 g/mol. The van der Waals surface area contributed by atoms with Gasteiger partial charge in [-0.3, -0.25) is 18.7 Å². The number of anilines is 1. The molecule has 0 bridgehead atoms. The lowest BCUT2D eigenvalue weighted by atomic mass is 10.0. The van der Waals surface area contributed by atoms with Crippen molar-refractivity contribution in [3.63, 3.8) is 0 Å². The molecule has 1 amide bonds. The molecule has 5 aromatic rings. The number of benzene rings is 1. The quantitative estimate of drug-likeness (QED) is 0.0870. The van der Waals surface area contributed by atoms with Gasteiger partial charge in [-0.2, -0.15) is 0 Å². The molecule has 4 N–H and O–H groups in total. The molecule has 4 aromatic heterocycles. The van der Waals surface area contributed by atoms with Crippen LogP contribution in [0.1, 0.15) is 56.3 Å². The summed E-state index contributed by atoms with van der Waals surface area (Å²) in [4.78, 5) is 60.6. The molecule has 1 aromatic carbocycles. The number of nitrogens with zero attached hydrogens (tertiary/aromatic N) is 7. The Bertz CT molecular complexity index is 2500. The molecule has 24 heteroatoms. The van der Waals surface area contributed by atoms with Gasteiger partial charge in [0.15, 0.2) is 61.5 Å². The maximum absolute atomic E-state index is 13.1. The predicted octanol–water partition coefficient (Wildman–Crippen LogP) is 4.71. The highest BCUT2D eigenvalue weighted by Crippen LogP contribution is 2.53. The van der Waals surface area contributed by atoms with Gasteiger partial charge < -0.3 is 38.4 Å². The molecule has 0 aliphatic carbocycles. The van der Waals surface area contributed by atoms with Crippen molar-refractivity contribution >= 4 is 68.9 Å². The van der Waals surface area contributed by atoms with Gasteiger partial charge in [-0.1, -0.05) is 45.9 Å². The van der Waals surface area contributed by atoms with Gasteiger partial charge in [-0.05, 0) is 49.0 Å². The van der Waals surface area contributed by atoms with E-state index in [4.69, 9.17) is 39.3 Å². The molecule has 2 saturated heterocycles. The summed E-state index contributed by atoms with van der Waals surface area (Å²) in [5, 5.41) is 12.7. The van der Waals surface area contributed by atoms with Gasteiger partial charge in [0, 0.05) is 22.7 Å². The molecule has 4 unspecified atom stereocenters. The number of amides is 1. The van der Waals surface area contributed by atoms with Gasteiger partial charge in [0.2, 0.25) is 0 Å². The molecule has 20 nitrogen and oxygen atoms in total. The number of hydrogen-bond donors (Lipinski definition) is 4. The van der Waals surface area contributed by atoms with Gasteiger partial charge in [0.1, 0.15) is 30.5 Å². The van der Waals surface area contributed by atoms with Crippen LogP contribution in [0.3, 0.4) is 0 Å². The van der Waals surface area contributed by atoms with E-state index in [1.54, 1.807) is 53.1 Å². The van der Waals surface area contributed by atoms with Crippen molar-refractivity contribution in [2.75, 3.05) is 25.2 Å². The maximum Gasteiger partial charge on any atom is 0.695 e. The summed E-state index contributed by atoms with van der Waals surface area (Å²) in [6.07, 6.45) is -2.33. The van der Waals surface area contributed by atoms with E-state index in [0.717, 1.165) is 0 Å². The van der Waals surface area contributed by atoms with Crippen molar-refractivity contribution in [2.24, 2.45) is 5.92 Å². The van der Waals surface area contributed by atoms with Crippen LogP contribution in [0.25, 0.3) is 22.3 Å². The van der Waals surface area contributed by atoms with E-state index in [0.29, 0.717) is 17.0 Å². The third-order valence-corrected chi connectivity index (χ3v) is 17.8. The Kier molecular flexibility index (Phi) is 12.7. The molecule has 6 heterocycles. The van der Waals surface area contributed by atoms with Crippen LogP contribution in [0.15, 0.2) is 54.1 Å². The van der Waals surface area contributed by atoms with Crippen molar-refractivity contribution in [1.29, 1.82) is 0 Å². The second kappa shape index (κ2) is 17.2. The van der Waals surface area contributed by atoms with E-state index in [2.05, 4.69) is 56.0 Å². The first-order valence-corrected chi connectivity index (χ1v) is 26.2. The summed E-state index contributed by atoms with van der Waals surface area (Å²) >= 11 is 5.97. The lowest BCUT2D eigenvalue weighted by Crippen LogP contribution is -2.49. The molecule has 0 spiro atoms. The average Bonchev–Trinajstić information content (AvgIpc) is 3.95. The molecule has 60 heavy (non-hydrogen) atoms. The summed E-state index contributed by atoms with van der Waals surface area (Å²) in [5.41, 5.74) is 0.939. The second-order valence-electron chi connectivity index (χ2n) is 16.3. The number of aromatic amines is 1. The number of aliphatic hydroxyl groups is 1. The average molecular weight is 905 g/mol. The van der Waals surface area contributed by atoms with Gasteiger partial charge >= 0.3 is 8.25 Å². The van der Waals surface area contributed by atoms with Crippen LogP contribution in [0.4, 0.5) is 5.82 Å². The first-order chi connectivity index (χ1) is 28.3. The van der Waals surface area contributed by atoms with Crippen LogP contribution in [0.5, 0.6) is 0 Å². The summed E-state index contributed by atoms with van der Waals surface area (Å²) in [6.45, 7) is 11.6. The number of ether oxygens (including phenoxy) is 2. The first kappa shape index (κ1) is 44.3. The summed E-state index contributed by atoms with van der Waals surface area (Å²) in [6, 6.07) is 8.65. The molecule has 10 atom stereocenters. The molecule has 0 saturated carbocycles. The summed E-state index contributed by atoms with van der Waals surface area (Å²) in [5.74, 6) is -0.252. The number of aliphatic hydroxyl groups excluding tert-OH is 1. The molecule has 2 fully saturated rings. The lowest BCUT2D eigenvalue weighted by Gasteiger charge is -2.40. The highest BCUT2D eigenvalue weighted by atomic mass is 32.5. The second-order valence-corrected chi connectivity index (χ2v) is 25.7. The Morgan fingerprint density at radius 1 is 1.02 bits per heavy atom.